The molecule has 0 bridgehead atoms. The van der Waals surface area contributed by atoms with Crippen LogP contribution in [0, 0.1) is 0 Å². The van der Waals surface area contributed by atoms with E-state index in [0.717, 1.165) is 83.5 Å². The molecule has 0 aliphatic rings. The Hall–Kier alpha value is -2.63. The van der Waals surface area contributed by atoms with Crippen molar-refractivity contribution >= 4 is 17.9 Å². The number of rotatable bonds is 62. The second kappa shape index (κ2) is 64.9. The van der Waals surface area contributed by atoms with Crippen LogP contribution in [0.3, 0.4) is 0 Å². The first kappa shape index (κ1) is 73.4. The summed E-state index contributed by atoms with van der Waals surface area (Å²) in [5.74, 6) is -0.840. The van der Waals surface area contributed by atoms with E-state index in [1.165, 1.54) is 238 Å². The maximum Gasteiger partial charge on any atom is 0.306 e. The van der Waals surface area contributed by atoms with Crippen LogP contribution < -0.4 is 0 Å². The molecule has 0 N–H and O–H groups in total. The molecule has 0 radical (unpaired) electrons. The van der Waals surface area contributed by atoms with Gasteiger partial charge in [0.25, 0.3) is 0 Å². The van der Waals surface area contributed by atoms with Gasteiger partial charge in [-0.05, 0) is 57.8 Å². The Labute approximate surface area is 473 Å². The Bertz CT molecular complexity index is 1310. The summed E-state index contributed by atoms with van der Waals surface area (Å²) in [4.78, 5) is 38.2. The topological polar surface area (TPSA) is 78.9 Å². The van der Waals surface area contributed by atoms with Crippen molar-refractivity contribution < 1.29 is 28.6 Å². The minimum atomic E-state index is -0.766. The van der Waals surface area contributed by atoms with Crippen LogP contribution in [-0.2, 0) is 28.6 Å². The van der Waals surface area contributed by atoms with Crippen LogP contribution in [0.4, 0.5) is 0 Å². The maximum absolute atomic E-state index is 12.9. The number of esters is 3. The summed E-state index contributed by atoms with van der Waals surface area (Å²) in [5, 5.41) is 0. The van der Waals surface area contributed by atoms with Gasteiger partial charge in [-0.15, -0.1) is 0 Å². The average molecular weight is 1070 g/mol. The Morgan fingerprint density at radius 3 is 0.803 bits per heavy atom. The van der Waals surface area contributed by atoms with Crippen molar-refractivity contribution in [1.82, 2.24) is 0 Å². The number of unbranched alkanes of at least 4 members (excludes halogenated alkanes) is 43. The van der Waals surface area contributed by atoms with Crippen molar-refractivity contribution in [3.8, 4) is 0 Å². The molecule has 6 nitrogen and oxygen atoms in total. The average Bonchev–Trinajstić information content (AvgIpc) is 3.42. The van der Waals surface area contributed by atoms with Crippen molar-refractivity contribution in [2.45, 2.75) is 367 Å². The monoisotopic (exact) mass is 1060 g/mol. The zero-order valence-electron chi connectivity index (χ0n) is 51.0. The molecule has 0 saturated carbocycles. The highest BCUT2D eigenvalue weighted by Crippen LogP contribution is 2.18. The fourth-order valence-electron chi connectivity index (χ4n) is 10.1. The van der Waals surface area contributed by atoms with E-state index in [0.29, 0.717) is 19.3 Å². The fraction of sp³-hybridized carbons (Fsp3) is 0.843. The minimum absolute atomic E-state index is 0.0650. The van der Waals surface area contributed by atoms with Gasteiger partial charge in [0.2, 0.25) is 0 Å². The summed E-state index contributed by atoms with van der Waals surface area (Å²) in [6.45, 7) is 6.58. The second-order valence-electron chi connectivity index (χ2n) is 22.7. The predicted octanol–water partition coefficient (Wildman–Crippen LogP) is 22.9. The third-order valence-electron chi connectivity index (χ3n) is 15.1. The van der Waals surface area contributed by atoms with Gasteiger partial charge >= 0.3 is 17.9 Å². The van der Waals surface area contributed by atoms with Crippen molar-refractivity contribution in [1.29, 1.82) is 0 Å². The van der Waals surface area contributed by atoms with Crippen LogP contribution in [0.1, 0.15) is 361 Å². The lowest BCUT2D eigenvalue weighted by Gasteiger charge is -2.18. The third-order valence-corrected chi connectivity index (χ3v) is 15.1. The van der Waals surface area contributed by atoms with E-state index in [1.54, 1.807) is 0 Å². The van der Waals surface area contributed by atoms with Gasteiger partial charge < -0.3 is 14.2 Å². The molecule has 0 aromatic rings. The first-order valence-corrected chi connectivity index (χ1v) is 33.6. The number of hydrogen-bond donors (Lipinski definition) is 0. The van der Waals surface area contributed by atoms with Gasteiger partial charge in [-0.25, -0.2) is 0 Å². The van der Waals surface area contributed by atoms with Crippen LogP contribution in [0.15, 0.2) is 48.6 Å². The molecule has 6 heteroatoms. The molecule has 0 fully saturated rings. The van der Waals surface area contributed by atoms with Crippen molar-refractivity contribution in [3.63, 3.8) is 0 Å². The third kappa shape index (κ3) is 62.2. The molecule has 0 aromatic carbocycles. The SMILES string of the molecule is CC/C=C\C/C=C\C/C=C\C/C=C\CCCCCCCCCCCCCCCCCCCCCCC(=O)OCC(COC(=O)CCCCCCCCCCCCC)OC(=O)CCCCCCCCCCCCCCCC. The van der Waals surface area contributed by atoms with E-state index >= 15 is 0 Å². The molecular weight excluding hydrogens is 937 g/mol. The summed E-state index contributed by atoms with van der Waals surface area (Å²) < 4.78 is 16.9. The van der Waals surface area contributed by atoms with E-state index < -0.39 is 6.10 Å². The highest BCUT2D eigenvalue weighted by atomic mass is 16.6. The predicted molar refractivity (Wildman–Crippen MR) is 330 cm³/mol. The number of carbonyl (C=O) groups is 3. The Morgan fingerprint density at radius 2 is 0.513 bits per heavy atom. The lowest BCUT2D eigenvalue weighted by molar-refractivity contribution is -0.167. The molecule has 0 spiro atoms. The van der Waals surface area contributed by atoms with Gasteiger partial charge in [0, 0.05) is 19.3 Å². The molecule has 0 saturated heterocycles. The molecule has 76 heavy (non-hydrogen) atoms. The van der Waals surface area contributed by atoms with Crippen molar-refractivity contribution in [3.05, 3.63) is 48.6 Å². The number of allylic oxidation sites excluding steroid dienone is 8. The fourth-order valence-corrected chi connectivity index (χ4v) is 10.1. The number of ether oxygens (including phenoxy) is 3. The van der Waals surface area contributed by atoms with Crippen LogP contribution in [0.5, 0.6) is 0 Å². The van der Waals surface area contributed by atoms with Crippen LogP contribution >= 0.6 is 0 Å². The van der Waals surface area contributed by atoms with E-state index in [4.69, 9.17) is 14.2 Å². The second-order valence-corrected chi connectivity index (χ2v) is 22.7. The molecule has 0 rings (SSSR count). The summed E-state index contributed by atoms with van der Waals surface area (Å²) in [7, 11) is 0. The largest absolute Gasteiger partial charge is 0.462 e. The lowest BCUT2D eigenvalue weighted by Crippen LogP contribution is -2.30. The van der Waals surface area contributed by atoms with Gasteiger partial charge in [-0.1, -0.05) is 333 Å². The molecule has 444 valence electrons. The van der Waals surface area contributed by atoms with E-state index in [1.807, 2.05) is 0 Å². The molecule has 0 aliphatic carbocycles. The highest BCUT2D eigenvalue weighted by molar-refractivity contribution is 5.71. The maximum atomic E-state index is 12.9. The van der Waals surface area contributed by atoms with Crippen LogP contribution in [0.2, 0.25) is 0 Å². The summed E-state index contributed by atoms with van der Waals surface area (Å²) in [5.41, 5.74) is 0. The zero-order chi connectivity index (χ0) is 55.0. The molecule has 0 amide bonds. The normalized spacial score (nSPS) is 12.3. The summed E-state index contributed by atoms with van der Waals surface area (Å²) in [6, 6.07) is 0. The highest BCUT2D eigenvalue weighted by Gasteiger charge is 2.19. The van der Waals surface area contributed by atoms with Gasteiger partial charge in [-0.2, -0.15) is 0 Å². The minimum Gasteiger partial charge on any atom is -0.462 e. The Balaban J connectivity index is 4.04. The Kier molecular flexibility index (Phi) is 62.6. The lowest BCUT2D eigenvalue weighted by atomic mass is 10.0. The van der Waals surface area contributed by atoms with Crippen molar-refractivity contribution in [2.24, 2.45) is 0 Å². The van der Waals surface area contributed by atoms with E-state index in [2.05, 4.69) is 69.4 Å². The number of hydrogen-bond acceptors (Lipinski definition) is 6. The molecular formula is C70H128O6. The molecule has 1 atom stereocenters. The first-order valence-electron chi connectivity index (χ1n) is 33.6. The molecule has 0 aromatic heterocycles. The van der Waals surface area contributed by atoms with E-state index in [9.17, 15) is 14.4 Å². The molecule has 1 unspecified atom stereocenters. The Morgan fingerprint density at radius 1 is 0.276 bits per heavy atom. The molecule has 0 heterocycles. The summed E-state index contributed by atoms with van der Waals surface area (Å²) in [6.07, 6.45) is 81.5. The van der Waals surface area contributed by atoms with Crippen molar-refractivity contribution in [2.75, 3.05) is 13.2 Å². The van der Waals surface area contributed by atoms with Gasteiger partial charge in [-0.3, -0.25) is 14.4 Å². The number of carbonyl (C=O) groups excluding carboxylic acids is 3. The standard InChI is InChI=1S/C70H128O6/c1-4-7-10-13-16-19-22-24-26-27-28-29-30-31-32-33-34-35-36-37-38-39-40-41-42-43-44-46-48-51-54-57-60-63-69(72)75-66-67(65-74-68(71)62-59-56-53-50-47-21-18-15-12-9-6-3)76-70(73)64-61-58-55-52-49-45-25-23-20-17-14-11-8-5-2/h7,10,16,19,24,26,28-29,67H,4-6,8-9,11-15,17-18,20-23,25,27,30-66H2,1-3H3/b10-7-,19-16-,26-24-,29-28-. The van der Waals surface area contributed by atoms with Crippen LogP contribution in [0.25, 0.3) is 0 Å². The smallest absolute Gasteiger partial charge is 0.306 e. The first-order chi connectivity index (χ1) is 37.5. The van der Waals surface area contributed by atoms with Gasteiger partial charge in [0.15, 0.2) is 6.10 Å². The summed E-state index contributed by atoms with van der Waals surface area (Å²) >= 11 is 0. The quantitative estimate of drug-likeness (QED) is 0.0261. The van der Waals surface area contributed by atoms with Crippen LogP contribution in [-0.4, -0.2) is 37.2 Å². The van der Waals surface area contributed by atoms with E-state index in [-0.39, 0.29) is 31.1 Å². The van der Waals surface area contributed by atoms with Gasteiger partial charge in [0.1, 0.15) is 13.2 Å². The molecule has 0 aliphatic heterocycles. The zero-order valence-corrected chi connectivity index (χ0v) is 51.0. The van der Waals surface area contributed by atoms with Gasteiger partial charge in [0.05, 0.1) is 0 Å².